The molecule has 5 rings (SSSR count). The first kappa shape index (κ1) is 38.1. The molecule has 268 valence electrons. The molecule has 50 heavy (non-hydrogen) atoms. The highest BCUT2D eigenvalue weighted by Crippen LogP contribution is 2.31. The third-order valence-corrected chi connectivity index (χ3v) is 9.14. The fourth-order valence-corrected chi connectivity index (χ4v) is 6.25. The molecule has 1 N–H and O–H groups in total. The van der Waals surface area contributed by atoms with Crippen LogP contribution in [0.25, 0.3) is 0 Å². The minimum Gasteiger partial charge on any atom is -0.444 e. The van der Waals surface area contributed by atoms with Gasteiger partial charge in [0, 0.05) is 39.1 Å². The fraction of sp³-hybridized carbons (Fsp3) is 0.463. The number of carbonyl (C=O) groups excluding carboxylic acids is 4. The first-order chi connectivity index (χ1) is 23.8. The monoisotopic (exact) mass is 682 g/mol. The summed E-state index contributed by atoms with van der Waals surface area (Å²) < 4.78 is 5.54. The van der Waals surface area contributed by atoms with E-state index in [2.05, 4.69) is 55.6 Å². The molecule has 2 aliphatic rings. The minimum absolute atomic E-state index is 0.121. The average Bonchev–Trinajstić information content (AvgIpc) is 3.49. The SMILES string of the molecule is Cc1ccc(C)cc1.Cc1ccccc1CN(CC(=O)NCC(=O)N1CCC(c2ccccc2CN2CCCC2=O)CC1)C(=O)OC(C)(C)C. The Morgan fingerprint density at radius 1 is 0.840 bits per heavy atom. The summed E-state index contributed by atoms with van der Waals surface area (Å²) in [5.74, 6) is -0.0124. The molecular formula is C41H54N4O5. The molecule has 2 fully saturated rings. The predicted octanol–water partition coefficient (Wildman–Crippen LogP) is 6.68. The van der Waals surface area contributed by atoms with Gasteiger partial charge < -0.3 is 19.9 Å². The van der Waals surface area contributed by atoms with E-state index in [9.17, 15) is 19.2 Å². The molecule has 0 saturated carbocycles. The van der Waals surface area contributed by atoms with Crippen LogP contribution in [0.1, 0.15) is 85.8 Å². The van der Waals surface area contributed by atoms with E-state index in [1.165, 1.54) is 27.2 Å². The normalized spacial score (nSPS) is 14.9. The van der Waals surface area contributed by atoms with Crippen molar-refractivity contribution in [3.05, 3.63) is 106 Å². The zero-order valence-electron chi connectivity index (χ0n) is 30.7. The first-order valence-electron chi connectivity index (χ1n) is 17.7. The second-order valence-electron chi connectivity index (χ2n) is 14.5. The number of hydrogen-bond donors (Lipinski definition) is 1. The molecule has 0 bridgehead atoms. The molecule has 0 aromatic heterocycles. The number of nitrogens with one attached hydrogen (secondary N) is 1. The van der Waals surface area contributed by atoms with Gasteiger partial charge in [0.25, 0.3) is 0 Å². The van der Waals surface area contributed by atoms with Gasteiger partial charge in [0.2, 0.25) is 17.7 Å². The number of amides is 4. The Kier molecular flexibility index (Phi) is 13.6. The molecule has 0 atom stereocenters. The molecule has 0 aliphatic carbocycles. The summed E-state index contributed by atoms with van der Waals surface area (Å²) >= 11 is 0. The van der Waals surface area contributed by atoms with Gasteiger partial charge >= 0.3 is 6.09 Å². The molecular weight excluding hydrogens is 628 g/mol. The number of nitrogens with zero attached hydrogens (tertiary/aromatic N) is 3. The second kappa shape index (κ2) is 17.8. The number of ether oxygens (including phenoxy) is 1. The molecule has 2 heterocycles. The van der Waals surface area contributed by atoms with E-state index in [1.807, 2.05) is 48.2 Å². The van der Waals surface area contributed by atoms with Gasteiger partial charge in [-0.3, -0.25) is 19.3 Å². The minimum atomic E-state index is -0.703. The maximum Gasteiger partial charge on any atom is 0.411 e. The van der Waals surface area contributed by atoms with Gasteiger partial charge in [0.15, 0.2) is 0 Å². The Hall–Kier alpha value is -4.66. The maximum absolute atomic E-state index is 13.0. The Morgan fingerprint density at radius 2 is 1.44 bits per heavy atom. The van der Waals surface area contributed by atoms with Crippen LogP contribution in [0.2, 0.25) is 0 Å². The fourth-order valence-electron chi connectivity index (χ4n) is 6.25. The van der Waals surface area contributed by atoms with E-state index in [0.29, 0.717) is 32.0 Å². The number of aryl methyl sites for hydroxylation is 3. The Labute approximate surface area is 298 Å². The highest BCUT2D eigenvalue weighted by atomic mass is 16.6. The number of benzene rings is 3. The largest absolute Gasteiger partial charge is 0.444 e. The number of likely N-dealkylation sites (tertiary alicyclic amines) is 2. The van der Waals surface area contributed by atoms with Gasteiger partial charge in [-0.25, -0.2) is 4.79 Å². The number of rotatable bonds is 9. The molecule has 3 aromatic rings. The number of piperidine rings is 1. The highest BCUT2D eigenvalue weighted by molar-refractivity contribution is 5.87. The lowest BCUT2D eigenvalue weighted by molar-refractivity contribution is -0.134. The van der Waals surface area contributed by atoms with Crippen molar-refractivity contribution in [2.45, 2.75) is 91.8 Å². The summed E-state index contributed by atoms with van der Waals surface area (Å²) in [5, 5.41) is 2.71. The summed E-state index contributed by atoms with van der Waals surface area (Å²) in [5.41, 5.74) is 6.33. The van der Waals surface area contributed by atoms with Gasteiger partial charge in [-0.2, -0.15) is 0 Å². The van der Waals surface area contributed by atoms with Crippen molar-refractivity contribution in [2.24, 2.45) is 0 Å². The summed E-state index contributed by atoms with van der Waals surface area (Å²) in [6.45, 7) is 14.1. The zero-order chi connectivity index (χ0) is 36.3. The smallest absolute Gasteiger partial charge is 0.411 e. The van der Waals surface area contributed by atoms with Crippen molar-refractivity contribution in [3.63, 3.8) is 0 Å². The first-order valence-corrected chi connectivity index (χ1v) is 17.7. The van der Waals surface area contributed by atoms with Crippen molar-refractivity contribution in [1.29, 1.82) is 0 Å². The van der Waals surface area contributed by atoms with Crippen LogP contribution in [0.5, 0.6) is 0 Å². The molecule has 0 unspecified atom stereocenters. The summed E-state index contributed by atoms with van der Waals surface area (Å²) in [7, 11) is 0. The van der Waals surface area contributed by atoms with Crippen molar-refractivity contribution in [2.75, 3.05) is 32.7 Å². The molecule has 4 amide bonds. The third-order valence-electron chi connectivity index (χ3n) is 9.14. The van der Waals surface area contributed by atoms with Crippen molar-refractivity contribution in [3.8, 4) is 0 Å². The van der Waals surface area contributed by atoms with Crippen molar-refractivity contribution >= 4 is 23.8 Å². The van der Waals surface area contributed by atoms with Crippen molar-refractivity contribution < 1.29 is 23.9 Å². The average molecular weight is 683 g/mol. The van der Waals surface area contributed by atoms with Crippen LogP contribution in [0, 0.1) is 20.8 Å². The second-order valence-corrected chi connectivity index (χ2v) is 14.5. The Bertz CT molecular complexity index is 1580. The van der Waals surface area contributed by atoms with Gasteiger partial charge in [-0.1, -0.05) is 83.9 Å². The number of hydrogen-bond acceptors (Lipinski definition) is 5. The van der Waals surface area contributed by atoms with Gasteiger partial charge in [-0.05, 0) is 89.0 Å². The van der Waals surface area contributed by atoms with Crippen molar-refractivity contribution in [1.82, 2.24) is 20.0 Å². The molecule has 9 heteroatoms. The quantitative estimate of drug-likeness (QED) is 0.272. The van der Waals surface area contributed by atoms with Crippen LogP contribution in [0.3, 0.4) is 0 Å². The summed E-state index contributed by atoms with van der Waals surface area (Å²) in [4.78, 5) is 56.0. The van der Waals surface area contributed by atoms with Gasteiger partial charge in [0.1, 0.15) is 12.1 Å². The van der Waals surface area contributed by atoms with Crippen LogP contribution in [0.4, 0.5) is 4.79 Å². The van der Waals surface area contributed by atoms with E-state index in [-0.39, 0.29) is 31.4 Å². The Balaban J connectivity index is 0.000000616. The third kappa shape index (κ3) is 11.7. The van der Waals surface area contributed by atoms with Crippen LogP contribution in [0.15, 0.2) is 72.8 Å². The molecule has 9 nitrogen and oxygen atoms in total. The lowest BCUT2D eigenvalue weighted by Crippen LogP contribution is -2.47. The summed E-state index contributed by atoms with van der Waals surface area (Å²) in [6.07, 6.45) is 2.62. The van der Waals surface area contributed by atoms with E-state index >= 15 is 0 Å². The van der Waals surface area contributed by atoms with Gasteiger partial charge in [-0.15, -0.1) is 0 Å². The van der Waals surface area contributed by atoms with E-state index in [0.717, 1.165) is 36.9 Å². The van der Waals surface area contributed by atoms with E-state index in [1.54, 1.807) is 25.7 Å². The van der Waals surface area contributed by atoms with E-state index in [4.69, 9.17) is 4.74 Å². The molecule has 2 aliphatic heterocycles. The molecule has 0 radical (unpaired) electrons. The maximum atomic E-state index is 13.0. The van der Waals surface area contributed by atoms with Gasteiger partial charge in [0.05, 0.1) is 6.54 Å². The predicted molar refractivity (Wildman–Crippen MR) is 196 cm³/mol. The standard InChI is InChI=1S/C33H44N4O5.C8H10/c1-24-10-5-6-11-26(24)21-37(32(41)42-33(2,3)4)23-29(38)34-20-31(40)35-18-15-25(16-19-35)28-13-8-7-12-27(28)22-36-17-9-14-30(36)39;1-7-3-5-8(2)6-4-7/h5-8,10-13,25H,9,14-23H2,1-4H3,(H,34,38);3-6H,1-2H3. The lowest BCUT2D eigenvalue weighted by atomic mass is 9.86. The van der Waals surface area contributed by atoms with Crippen LogP contribution in [-0.2, 0) is 32.2 Å². The van der Waals surface area contributed by atoms with E-state index < -0.39 is 17.6 Å². The summed E-state index contributed by atoms with van der Waals surface area (Å²) in [6, 6.07) is 24.5. The lowest BCUT2D eigenvalue weighted by Gasteiger charge is -2.33. The number of carbonyl (C=O) groups is 4. The zero-order valence-corrected chi connectivity index (χ0v) is 30.7. The van der Waals surface area contributed by atoms with Crippen LogP contribution >= 0.6 is 0 Å². The molecule has 2 saturated heterocycles. The van der Waals surface area contributed by atoms with Crippen LogP contribution < -0.4 is 5.32 Å². The molecule has 0 spiro atoms. The highest BCUT2D eigenvalue weighted by Gasteiger charge is 2.28. The Morgan fingerprint density at radius 3 is 2.02 bits per heavy atom. The molecule has 3 aromatic carbocycles. The topological polar surface area (TPSA) is 99.3 Å². The van der Waals surface area contributed by atoms with Crippen LogP contribution in [-0.4, -0.2) is 76.8 Å².